The van der Waals surface area contributed by atoms with Crippen molar-refractivity contribution in [2.24, 2.45) is 5.73 Å². The molecule has 1 aromatic rings. The number of amides is 2. The lowest BCUT2D eigenvalue weighted by molar-refractivity contribution is -0.139. The van der Waals surface area contributed by atoms with Gasteiger partial charge in [0, 0.05) is 18.9 Å². The Hall–Kier alpha value is -1.85. The second-order valence-corrected chi connectivity index (χ2v) is 4.28. The topological polar surface area (TPSA) is 81.2 Å². The van der Waals surface area contributed by atoms with Crippen molar-refractivity contribution in [3.63, 3.8) is 0 Å². The lowest BCUT2D eigenvalue weighted by Gasteiger charge is -2.25. The normalized spacial score (nSPS) is 21.5. The second kappa shape index (κ2) is 4.57. The van der Waals surface area contributed by atoms with E-state index in [2.05, 4.69) is 4.98 Å². The number of likely N-dealkylation sites (tertiary alicyclic amines) is 1. The van der Waals surface area contributed by atoms with Crippen LogP contribution < -0.4 is 5.73 Å². The monoisotopic (exact) mass is 236 g/mol. The van der Waals surface area contributed by atoms with E-state index in [1.807, 2.05) is 0 Å². The van der Waals surface area contributed by atoms with Crippen molar-refractivity contribution in [2.75, 3.05) is 6.54 Å². The SMILES string of the molecule is CC(C(=O)N1CCCC1C(N)=O)n1ccnc1. The van der Waals surface area contributed by atoms with Crippen molar-refractivity contribution < 1.29 is 9.59 Å². The molecule has 0 aliphatic carbocycles. The summed E-state index contributed by atoms with van der Waals surface area (Å²) in [5.74, 6) is -0.502. The lowest BCUT2D eigenvalue weighted by Crippen LogP contribution is -2.45. The molecule has 1 aliphatic rings. The van der Waals surface area contributed by atoms with Gasteiger partial charge < -0.3 is 15.2 Å². The summed E-state index contributed by atoms with van der Waals surface area (Å²) in [5.41, 5.74) is 5.29. The van der Waals surface area contributed by atoms with Crippen molar-refractivity contribution in [3.8, 4) is 0 Å². The first-order chi connectivity index (χ1) is 8.11. The van der Waals surface area contributed by atoms with Gasteiger partial charge in [0.25, 0.3) is 0 Å². The average molecular weight is 236 g/mol. The van der Waals surface area contributed by atoms with Gasteiger partial charge in [-0.15, -0.1) is 0 Å². The number of rotatable bonds is 3. The highest BCUT2D eigenvalue weighted by Gasteiger charge is 2.34. The molecule has 2 heterocycles. The Kier molecular flexibility index (Phi) is 3.12. The van der Waals surface area contributed by atoms with Crippen LogP contribution in [0.1, 0.15) is 25.8 Å². The van der Waals surface area contributed by atoms with E-state index in [4.69, 9.17) is 5.73 Å². The smallest absolute Gasteiger partial charge is 0.246 e. The largest absolute Gasteiger partial charge is 0.368 e. The van der Waals surface area contributed by atoms with Crippen molar-refractivity contribution >= 4 is 11.8 Å². The Bertz CT molecular complexity index is 415. The van der Waals surface area contributed by atoms with Gasteiger partial charge in [-0.1, -0.05) is 0 Å². The van der Waals surface area contributed by atoms with E-state index in [0.717, 1.165) is 6.42 Å². The molecule has 92 valence electrons. The van der Waals surface area contributed by atoms with E-state index < -0.39 is 11.9 Å². The molecule has 2 amide bonds. The first-order valence-corrected chi connectivity index (χ1v) is 5.68. The second-order valence-electron chi connectivity index (χ2n) is 4.28. The van der Waals surface area contributed by atoms with Gasteiger partial charge in [0.2, 0.25) is 11.8 Å². The standard InChI is InChI=1S/C11H16N4O2/c1-8(14-6-4-13-7-14)11(17)15-5-2-3-9(15)10(12)16/h4,6-9H,2-3,5H2,1H3,(H2,12,16). The van der Waals surface area contributed by atoms with E-state index in [-0.39, 0.29) is 11.9 Å². The number of imidazole rings is 1. The average Bonchev–Trinajstić information content (AvgIpc) is 2.97. The summed E-state index contributed by atoms with van der Waals surface area (Å²) < 4.78 is 1.72. The molecule has 0 radical (unpaired) electrons. The van der Waals surface area contributed by atoms with Gasteiger partial charge >= 0.3 is 0 Å². The number of nitrogens with two attached hydrogens (primary N) is 1. The van der Waals surface area contributed by atoms with Gasteiger partial charge in [-0.25, -0.2) is 4.98 Å². The Morgan fingerprint density at radius 3 is 2.88 bits per heavy atom. The van der Waals surface area contributed by atoms with E-state index in [0.29, 0.717) is 13.0 Å². The van der Waals surface area contributed by atoms with Crippen LogP contribution in [-0.2, 0) is 9.59 Å². The molecule has 17 heavy (non-hydrogen) atoms. The van der Waals surface area contributed by atoms with Crippen molar-refractivity contribution in [1.29, 1.82) is 0 Å². The Labute approximate surface area is 99.4 Å². The molecule has 0 spiro atoms. The summed E-state index contributed by atoms with van der Waals surface area (Å²) in [5, 5.41) is 0. The maximum Gasteiger partial charge on any atom is 0.246 e. The van der Waals surface area contributed by atoms with Crippen LogP contribution in [0.2, 0.25) is 0 Å². The van der Waals surface area contributed by atoms with Gasteiger partial charge in [0.1, 0.15) is 12.1 Å². The first kappa shape index (κ1) is 11.6. The highest BCUT2D eigenvalue weighted by atomic mass is 16.2. The quantitative estimate of drug-likeness (QED) is 0.797. The van der Waals surface area contributed by atoms with E-state index in [1.165, 1.54) is 0 Å². The molecule has 1 aromatic heterocycles. The Morgan fingerprint density at radius 2 is 2.29 bits per heavy atom. The fourth-order valence-corrected chi connectivity index (χ4v) is 2.19. The maximum absolute atomic E-state index is 12.2. The minimum atomic E-state index is -0.450. The molecule has 2 unspecified atom stereocenters. The molecule has 6 heteroatoms. The summed E-state index contributed by atoms with van der Waals surface area (Å²) in [6, 6.07) is -0.800. The van der Waals surface area contributed by atoms with Crippen LogP contribution in [0.3, 0.4) is 0 Å². The summed E-state index contributed by atoms with van der Waals surface area (Å²) in [6.45, 7) is 2.39. The number of nitrogens with zero attached hydrogens (tertiary/aromatic N) is 3. The van der Waals surface area contributed by atoms with Gasteiger partial charge in [-0.05, 0) is 19.8 Å². The van der Waals surface area contributed by atoms with E-state index in [1.54, 1.807) is 35.1 Å². The number of aromatic nitrogens is 2. The molecule has 1 fully saturated rings. The molecular weight excluding hydrogens is 220 g/mol. The highest BCUT2D eigenvalue weighted by Crippen LogP contribution is 2.21. The van der Waals surface area contributed by atoms with Gasteiger partial charge in [-0.3, -0.25) is 9.59 Å². The van der Waals surface area contributed by atoms with E-state index >= 15 is 0 Å². The molecule has 0 bridgehead atoms. The van der Waals surface area contributed by atoms with Crippen molar-refractivity contribution in [1.82, 2.24) is 14.5 Å². The van der Waals surface area contributed by atoms with Gasteiger partial charge in [0.05, 0.1) is 6.33 Å². The summed E-state index contributed by atoms with van der Waals surface area (Å²) in [4.78, 5) is 28.9. The third kappa shape index (κ3) is 2.15. The number of hydrogen-bond donors (Lipinski definition) is 1. The molecule has 2 N–H and O–H groups in total. The van der Waals surface area contributed by atoms with Gasteiger partial charge in [0.15, 0.2) is 0 Å². The minimum Gasteiger partial charge on any atom is -0.368 e. The zero-order chi connectivity index (χ0) is 12.4. The minimum absolute atomic E-state index is 0.0794. The molecule has 2 rings (SSSR count). The third-order valence-electron chi connectivity index (χ3n) is 3.19. The van der Waals surface area contributed by atoms with Gasteiger partial charge in [-0.2, -0.15) is 0 Å². The lowest BCUT2D eigenvalue weighted by atomic mass is 10.2. The predicted octanol–water partition coefficient (Wildman–Crippen LogP) is -0.0796. The summed E-state index contributed by atoms with van der Waals surface area (Å²) >= 11 is 0. The first-order valence-electron chi connectivity index (χ1n) is 5.68. The Balaban J connectivity index is 2.12. The third-order valence-corrected chi connectivity index (χ3v) is 3.19. The fraction of sp³-hybridized carbons (Fsp3) is 0.545. The zero-order valence-electron chi connectivity index (χ0n) is 9.74. The fourth-order valence-electron chi connectivity index (χ4n) is 2.19. The van der Waals surface area contributed by atoms with Crippen molar-refractivity contribution in [2.45, 2.75) is 31.8 Å². The highest BCUT2D eigenvalue weighted by molar-refractivity contribution is 5.88. The van der Waals surface area contributed by atoms with Crippen LogP contribution in [0.25, 0.3) is 0 Å². The molecule has 0 aromatic carbocycles. The zero-order valence-corrected chi connectivity index (χ0v) is 9.74. The summed E-state index contributed by atoms with van der Waals surface area (Å²) in [6.07, 6.45) is 6.45. The van der Waals surface area contributed by atoms with Crippen LogP contribution in [0.15, 0.2) is 18.7 Å². The predicted molar refractivity (Wildman–Crippen MR) is 60.9 cm³/mol. The molecule has 2 atom stereocenters. The maximum atomic E-state index is 12.2. The number of hydrogen-bond acceptors (Lipinski definition) is 3. The van der Waals surface area contributed by atoms with Crippen LogP contribution in [0.5, 0.6) is 0 Å². The summed E-state index contributed by atoms with van der Waals surface area (Å²) in [7, 11) is 0. The molecule has 6 nitrogen and oxygen atoms in total. The molecule has 1 saturated heterocycles. The number of carbonyl (C=O) groups is 2. The molecule has 0 saturated carbocycles. The number of carbonyl (C=O) groups excluding carboxylic acids is 2. The molecular formula is C11H16N4O2. The van der Waals surface area contributed by atoms with Crippen LogP contribution in [0, 0.1) is 0 Å². The van der Waals surface area contributed by atoms with Crippen LogP contribution in [0.4, 0.5) is 0 Å². The van der Waals surface area contributed by atoms with Crippen LogP contribution in [-0.4, -0.2) is 38.9 Å². The molecule has 1 aliphatic heterocycles. The van der Waals surface area contributed by atoms with Crippen LogP contribution >= 0.6 is 0 Å². The Morgan fingerprint density at radius 1 is 1.53 bits per heavy atom. The number of primary amides is 1. The van der Waals surface area contributed by atoms with Crippen molar-refractivity contribution in [3.05, 3.63) is 18.7 Å². The van der Waals surface area contributed by atoms with E-state index in [9.17, 15) is 9.59 Å².